The van der Waals surface area contributed by atoms with Crippen molar-refractivity contribution in [3.05, 3.63) is 29.8 Å². The van der Waals surface area contributed by atoms with Crippen LogP contribution in [0, 0.1) is 6.92 Å². The number of hydrogen-bond donors (Lipinski definition) is 1. The Balaban J connectivity index is 1.46. The first kappa shape index (κ1) is 15.4. The van der Waals surface area contributed by atoms with Crippen LogP contribution in [0.15, 0.2) is 24.3 Å². The van der Waals surface area contributed by atoms with Gasteiger partial charge in [0.25, 0.3) is 0 Å². The number of aryl methyl sites for hydroxylation is 1. The number of likely N-dealkylation sites (tertiary alicyclic amines) is 1. The van der Waals surface area contributed by atoms with Crippen LogP contribution in [-0.4, -0.2) is 26.2 Å². The van der Waals surface area contributed by atoms with Gasteiger partial charge in [-0.25, -0.2) is 0 Å². The minimum atomic E-state index is 0.863. The second-order valence-electron chi connectivity index (χ2n) is 6.09. The van der Waals surface area contributed by atoms with Crippen LogP contribution < -0.4 is 9.64 Å². The summed E-state index contributed by atoms with van der Waals surface area (Å²) in [6, 6.07) is 8.28. The third-order valence-electron chi connectivity index (χ3n) is 4.34. The first-order valence-corrected chi connectivity index (χ1v) is 8.38. The fourth-order valence-electron chi connectivity index (χ4n) is 3.03. The molecule has 1 N–H and O–H groups in total. The van der Waals surface area contributed by atoms with Crippen LogP contribution in [0.1, 0.15) is 50.5 Å². The van der Waals surface area contributed by atoms with Gasteiger partial charge in [-0.15, -0.1) is 0 Å². The summed E-state index contributed by atoms with van der Waals surface area (Å²) in [5.74, 6) is 1.05. The number of para-hydroxylation sites is 1. The number of nitrogens with one attached hydrogen (secondary N) is 1. The Hall–Kier alpha value is -1.02. The SMILES string of the molecule is Cc1ccccc1OCCCCCC[NH+]1CCCCC1. The third kappa shape index (κ3) is 5.54. The van der Waals surface area contributed by atoms with Crippen molar-refractivity contribution in [2.75, 3.05) is 26.2 Å². The van der Waals surface area contributed by atoms with E-state index in [0.29, 0.717) is 0 Å². The zero-order valence-corrected chi connectivity index (χ0v) is 13.0. The molecule has 1 fully saturated rings. The van der Waals surface area contributed by atoms with Crippen LogP contribution in [-0.2, 0) is 0 Å². The highest BCUT2D eigenvalue weighted by atomic mass is 16.5. The van der Waals surface area contributed by atoms with Crippen molar-refractivity contribution in [3.8, 4) is 5.75 Å². The molecule has 0 saturated carbocycles. The van der Waals surface area contributed by atoms with Gasteiger partial charge in [0.05, 0.1) is 26.2 Å². The summed E-state index contributed by atoms with van der Waals surface area (Å²) < 4.78 is 5.83. The fraction of sp³-hybridized carbons (Fsp3) is 0.667. The lowest BCUT2D eigenvalue weighted by Crippen LogP contribution is -3.12. The van der Waals surface area contributed by atoms with E-state index in [0.717, 1.165) is 12.4 Å². The second-order valence-corrected chi connectivity index (χ2v) is 6.09. The summed E-state index contributed by atoms with van der Waals surface area (Å²) in [5.41, 5.74) is 1.24. The molecule has 112 valence electrons. The Morgan fingerprint density at radius 1 is 0.950 bits per heavy atom. The first-order chi connectivity index (χ1) is 9.86. The van der Waals surface area contributed by atoms with Crippen molar-refractivity contribution in [1.82, 2.24) is 0 Å². The van der Waals surface area contributed by atoms with E-state index in [1.54, 1.807) is 0 Å². The number of ether oxygens (including phenoxy) is 1. The first-order valence-electron chi connectivity index (χ1n) is 8.38. The maximum atomic E-state index is 5.83. The van der Waals surface area contributed by atoms with Crippen molar-refractivity contribution in [2.45, 2.75) is 51.9 Å². The molecule has 0 radical (unpaired) electrons. The van der Waals surface area contributed by atoms with Crippen molar-refractivity contribution < 1.29 is 9.64 Å². The van der Waals surface area contributed by atoms with Gasteiger partial charge in [-0.1, -0.05) is 18.2 Å². The highest BCUT2D eigenvalue weighted by Gasteiger charge is 2.12. The molecule has 1 aliphatic rings. The van der Waals surface area contributed by atoms with Crippen LogP contribution in [0.5, 0.6) is 5.75 Å². The quantitative estimate of drug-likeness (QED) is 0.721. The van der Waals surface area contributed by atoms with Crippen molar-refractivity contribution in [2.24, 2.45) is 0 Å². The third-order valence-corrected chi connectivity index (χ3v) is 4.34. The molecule has 1 heterocycles. The Labute approximate surface area is 124 Å². The average Bonchev–Trinajstić information content (AvgIpc) is 2.49. The lowest BCUT2D eigenvalue weighted by Gasteiger charge is -2.23. The van der Waals surface area contributed by atoms with E-state index in [4.69, 9.17) is 4.74 Å². The summed E-state index contributed by atoms with van der Waals surface area (Å²) >= 11 is 0. The topological polar surface area (TPSA) is 13.7 Å². The summed E-state index contributed by atoms with van der Waals surface area (Å²) in [4.78, 5) is 1.84. The van der Waals surface area contributed by atoms with Gasteiger partial charge in [0.2, 0.25) is 0 Å². The average molecular weight is 276 g/mol. The molecule has 0 aliphatic carbocycles. The number of benzene rings is 1. The van der Waals surface area contributed by atoms with Crippen molar-refractivity contribution >= 4 is 0 Å². The maximum Gasteiger partial charge on any atom is 0.122 e. The standard InChI is InChI=1S/C18H29NO/c1-17-11-5-6-12-18(17)20-16-10-3-2-7-13-19-14-8-4-9-15-19/h5-6,11-12H,2-4,7-10,13-16H2,1H3/p+1. The molecule has 2 heteroatoms. The summed E-state index contributed by atoms with van der Waals surface area (Å²) in [6.07, 6.45) is 9.59. The Morgan fingerprint density at radius 3 is 2.50 bits per heavy atom. The minimum absolute atomic E-state index is 0.863. The molecule has 20 heavy (non-hydrogen) atoms. The van der Waals surface area contributed by atoms with E-state index >= 15 is 0 Å². The lowest BCUT2D eigenvalue weighted by atomic mass is 10.1. The number of rotatable bonds is 8. The number of piperidine rings is 1. The predicted octanol–water partition coefficient (Wildman–Crippen LogP) is 3.00. The Morgan fingerprint density at radius 2 is 1.70 bits per heavy atom. The zero-order chi connectivity index (χ0) is 14.0. The highest BCUT2D eigenvalue weighted by molar-refractivity contribution is 5.31. The van der Waals surface area contributed by atoms with Gasteiger partial charge in [-0.3, -0.25) is 0 Å². The van der Waals surface area contributed by atoms with Gasteiger partial charge in [-0.05, 0) is 63.5 Å². The second kappa shape index (κ2) is 9.02. The molecule has 0 bridgehead atoms. The summed E-state index contributed by atoms with van der Waals surface area (Å²) in [6.45, 7) is 7.18. The summed E-state index contributed by atoms with van der Waals surface area (Å²) in [7, 11) is 0. The molecule has 1 aromatic rings. The smallest absolute Gasteiger partial charge is 0.122 e. The van der Waals surface area contributed by atoms with Crippen LogP contribution in [0.3, 0.4) is 0 Å². The monoisotopic (exact) mass is 276 g/mol. The van der Waals surface area contributed by atoms with Crippen molar-refractivity contribution in [1.29, 1.82) is 0 Å². The maximum absolute atomic E-state index is 5.83. The van der Waals surface area contributed by atoms with Crippen LogP contribution in [0.25, 0.3) is 0 Å². The van der Waals surface area contributed by atoms with Gasteiger partial charge in [-0.2, -0.15) is 0 Å². The van der Waals surface area contributed by atoms with E-state index in [-0.39, 0.29) is 0 Å². The van der Waals surface area contributed by atoms with Gasteiger partial charge < -0.3 is 9.64 Å². The fourth-order valence-corrected chi connectivity index (χ4v) is 3.03. The molecule has 0 aromatic heterocycles. The normalized spacial score (nSPS) is 16.2. The molecular weight excluding hydrogens is 246 g/mol. The van der Waals surface area contributed by atoms with Gasteiger partial charge >= 0.3 is 0 Å². The van der Waals surface area contributed by atoms with Gasteiger partial charge in [0, 0.05) is 0 Å². The molecule has 1 aromatic carbocycles. The Kier molecular flexibility index (Phi) is 6.93. The molecule has 1 aliphatic heterocycles. The van der Waals surface area contributed by atoms with Crippen LogP contribution >= 0.6 is 0 Å². The van der Waals surface area contributed by atoms with Crippen LogP contribution in [0.4, 0.5) is 0 Å². The lowest BCUT2D eigenvalue weighted by molar-refractivity contribution is -0.905. The molecule has 0 atom stereocenters. The van der Waals surface area contributed by atoms with Gasteiger partial charge in [0.15, 0.2) is 0 Å². The number of quaternary nitrogens is 1. The zero-order valence-electron chi connectivity index (χ0n) is 13.0. The van der Waals surface area contributed by atoms with E-state index in [1.807, 2.05) is 11.0 Å². The van der Waals surface area contributed by atoms with Gasteiger partial charge in [0.1, 0.15) is 5.75 Å². The molecule has 0 spiro atoms. The molecule has 1 saturated heterocycles. The number of unbranched alkanes of at least 4 members (excludes halogenated alkanes) is 3. The van der Waals surface area contributed by atoms with E-state index in [2.05, 4.69) is 25.1 Å². The van der Waals surface area contributed by atoms with Crippen molar-refractivity contribution in [3.63, 3.8) is 0 Å². The van der Waals surface area contributed by atoms with E-state index in [1.165, 1.54) is 70.1 Å². The molecule has 2 nitrogen and oxygen atoms in total. The van der Waals surface area contributed by atoms with Crippen LogP contribution in [0.2, 0.25) is 0 Å². The Bertz CT molecular complexity index is 371. The molecular formula is C18H30NO+. The molecule has 0 unspecified atom stereocenters. The highest BCUT2D eigenvalue weighted by Crippen LogP contribution is 2.16. The minimum Gasteiger partial charge on any atom is -0.493 e. The molecule has 0 amide bonds. The van der Waals surface area contributed by atoms with E-state index < -0.39 is 0 Å². The predicted molar refractivity (Wildman–Crippen MR) is 84.6 cm³/mol. The largest absolute Gasteiger partial charge is 0.493 e. The summed E-state index contributed by atoms with van der Waals surface area (Å²) in [5, 5.41) is 0. The van der Waals surface area contributed by atoms with E-state index in [9.17, 15) is 0 Å². The number of hydrogen-bond acceptors (Lipinski definition) is 1. The molecule has 2 rings (SSSR count).